The van der Waals surface area contributed by atoms with Crippen molar-refractivity contribution in [2.24, 2.45) is 5.14 Å². The van der Waals surface area contributed by atoms with Crippen LogP contribution in [0.1, 0.15) is 17.7 Å². The second-order valence-electron chi connectivity index (χ2n) is 2.67. The summed E-state index contributed by atoms with van der Waals surface area (Å²) in [6.45, 7) is 0. The highest BCUT2D eigenvalue weighted by Crippen LogP contribution is 2.24. The van der Waals surface area contributed by atoms with Gasteiger partial charge in [0, 0.05) is 0 Å². The number of sulfonamides is 1. The maximum absolute atomic E-state index is 13.1. The van der Waals surface area contributed by atoms with Crippen LogP contribution in [0.3, 0.4) is 0 Å². The SMILES string of the molecule is N#Cc1nc(S(N)(=O)=O)c(F)cc1C(F)F. The van der Waals surface area contributed by atoms with Crippen molar-refractivity contribution < 1.29 is 21.6 Å². The highest BCUT2D eigenvalue weighted by atomic mass is 32.2. The molecule has 0 spiro atoms. The lowest BCUT2D eigenvalue weighted by atomic mass is 10.2. The minimum atomic E-state index is -4.49. The first kappa shape index (κ1) is 12.4. The zero-order valence-electron chi connectivity index (χ0n) is 7.49. The van der Waals surface area contributed by atoms with Gasteiger partial charge in [0.15, 0.2) is 11.5 Å². The molecule has 0 radical (unpaired) electrons. The lowest BCUT2D eigenvalue weighted by Crippen LogP contribution is -2.17. The summed E-state index contributed by atoms with van der Waals surface area (Å²) in [6, 6.07) is 1.47. The molecule has 0 amide bonds. The fourth-order valence-corrected chi connectivity index (χ4v) is 1.49. The van der Waals surface area contributed by atoms with E-state index in [4.69, 9.17) is 5.26 Å². The highest BCUT2D eigenvalue weighted by molar-refractivity contribution is 7.89. The van der Waals surface area contributed by atoms with E-state index < -0.39 is 38.5 Å². The molecule has 2 N–H and O–H groups in total. The molecule has 0 atom stereocenters. The van der Waals surface area contributed by atoms with E-state index in [1.165, 1.54) is 6.07 Å². The maximum Gasteiger partial charge on any atom is 0.266 e. The van der Waals surface area contributed by atoms with Gasteiger partial charge >= 0.3 is 0 Å². The first-order valence-electron chi connectivity index (χ1n) is 3.69. The van der Waals surface area contributed by atoms with Gasteiger partial charge in [-0.05, 0) is 6.07 Å². The predicted molar refractivity (Wildman–Crippen MR) is 45.2 cm³/mol. The molecule has 0 aromatic carbocycles. The Labute approximate surface area is 88.4 Å². The number of rotatable bonds is 2. The van der Waals surface area contributed by atoms with E-state index in [1.54, 1.807) is 0 Å². The van der Waals surface area contributed by atoms with Gasteiger partial charge in [-0.3, -0.25) is 0 Å². The molecule has 1 rings (SSSR count). The Bertz CT molecular complexity index is 565. The number of pyridine rings is 1. The number of nitrogens with zero attached hydrogens (tertiary/aromatic N) is 2. The Hall–Kier alpha value is -1.66. The summed E-state index contributed by atoms with van der Waals surface area (Å²) < 4.78 is 59.2. The summed E-state index contributed by atoms with van der Waals surface area (Å²) in [5, 5.41) is 11.8. The van der Waals surface area contributed by atoms with E-state index in [1.807, 2.05) is 0 Å². The molecule has 86 valence electrons. The number of hydrogen-bond acceptors (Lipinski definition) is 4. The van der Waals surface area contributed by atoms with Crippen LogP contribution in [0.2, 0.25) is 0 Å². The number of aromatic nitrogens is 1. The number of nitriles is 1. The van der Waals surface area contributed by atoms with Gasteiger partial charge in [-0.15, -0.1) is 0 Å². The summed E-state index contributed by atoms with van der Waals surface area (Å²) in [6.07, 6.45) is -3.13. The van der Waals surface area contributed by atoms with Gasteiger partial charge in [0.1, 0.15) is 6.07 Å². The van der Waals surface area contributed by atoms with Crippen LogP contribution in [-0.4, -0.2) is 13.4 Å². The average Bonchev–Trinajstić information content (AvgIpc) is 2.15. The first-order chi connectivity index (χ1) is 7.27. The van der Waals surface area contributed by atoms with Gasteiger partial charge in [-0.2, -0.15) is 5.26 Å². The van der Waals surface area contributed by atoms with E-state index in [9.17, 15) is 21.6 Å². The lowest BCUT2D eigenvalue weighted by molar-refractivity contribution is 0.149. The molecule has 0 aliphatic carbocycles. The van der Waals surface area contributed by atoms with Gasteiger partial charge in [0.2, 0.25) is 5.03 Å². The van der Waals surface area contributed by atoms with Crippen LogP contribution in [-0.2, 0) is 10.0 Å². The topological polar surface area (TPSA) is 96.8 Å². The van der Waals surface area contributed by atoms with Crippen LogP contribution in [0.5, 0.6) is 0 Å². The van der Waals surface area contributed by atoms with Crippen LogP contribution in [0.15, 0.2) is 11.1 Å². The van der Waals surface area contributed by atoms with Crippen molar-refractivity contribution in [1.29, 1.82) is 5.26 Å². The van der Waals surface area contributed by atoms with Crippen LogP contribution in [0.4, 0.5) is 13.2 Å². The molecule has 16 heavy (non-hydrogen) atoms. The van der Waals surface area contributed by atoms with E-state index in [2.05, 4.69) is 10.1 Å². The number of halogens is 3. The van der Waals surface area contributed by atoms with Gasteiger partial charge in [0.25, 0.3) is 16.4 Å². The fraction of sp³-hybridized carbons (Fsp3) is 0.143. The van der Waals surface area contributed by atoms with E-state index >= 15 is 0 Å². The van der Waals surface area contributed by atoms with E-state index in [0.717, 1.165) is 0 Å². The van der Waals surface area contributed by atoms with Crippen molar-refractivity contribution in [3.05, 3.63) is 23.1 Å². The van der Waals surface area contributed by atoms with E-state index in [-0.39, 0.29) is 6.07 Å². The number of alkyl halides is 2. The van der Waals surface area contributed by atoms with Crippen LogP contribution < -0.4 is 5.14 Å². The number of hydrogen-bond donors (Lipinski definition) is 1. The minimum Gasteiger partial charge on any atom is -0.223 e. The van der Waals surface area contributed by atoms with Crippen molar-refractivity contribution in [2.75, 3.05) is 0 Å². The third-order valence-corrected chi connectivity index (χ3v) is 2.41. The molecule has 0 saturated heterocycles. The highest BCUT2D eigenvalue weighted by Gasteiger charge is 2.23. The van der Waals surface area contributed by atoms with Gasteiger partial charge in [-0.25, -0.2) is 31.7 Å². The summed E-state index contributed by atoms with van der Waals surface area (Å²) in [7, 11) is -4.49. The molecule has 1 aromatic heterocycles. The Morgan fingerprint density at radius 1 is 1.50 bits per heavy atom. The molecule has 5 nitrogen and oxygen atoms in total. The molecule has 9 heteroatoms. The third-order valence-electron chi connectivity index (χ3n) is 1.58. The average molecular weight is 251 g/mol. The fourth-order valence-electron chi connectivity index (χ4n) is 0.942. The summed E-state index contributed by atoms with van der Waals surface area (Å²) in [5.41, 5.74) is -1.85. The molecule has 0 saturated carbocycles. The number of nitrogens with two attached hydrogens (primary N) is 1. The van der Waals surface area contributed by atoms with Crippen LogP contribution in [0, 0.1) is 17.1 Å². The van der Waals surface area contributed by atoms with Crippen molar-refractivity contribution >= 4 is 10.0 Å². The van der Waals surface area contributed by atoms with Gasteiger partial charge in [-0.1, -0.05) is 0 Å². The smallest absolute Gasteiger partial charge is 0.223 e. The Kier molecular flexibility index (Phi) is 3.16. The standard InChI is InChI=1S/C7H4F3N3O2S/c8-4-1-3(6(9)10)5(2-11)13-7(4)16(12,14)15/h1,6H,(H2,12,14,15). The molecular weight excluding hydrogens is 247 g/mol. The Morgan fingerprint density at radius 2 is 2.06 bits per heavy atom. The van der Waals surface area contributed by atoms with Crippen molar-refractivity contribution in [3.63, 3.8) is 0 Å². The summed E-state index contributed by atoms with van der Waals surface area (Å²) in [5.74, 6) is -1.52. The van der Waals surface area contributed by atoms with Crippen molar-refractivity contribution in [3.8, 4) is 6.07 Å². The monoisotopic (exact) mass is 251 g/mol. The van der Waals surface area contributed by atoms with Crippen molar-refractivity contribution in [1.82, 2.24) is 4.98 Å². The third kappa shape index (κ3) is 2.29. The molecule has 0 fully saturated rings. The van der Waals surface area contributed by atoms with Gasteiger partial charge < -0.3 is 0 Å². The first-order valence-corrected chi connectivity index (χ1v) is 5.23. The lowest BCUT2D eigenvalue weighted by Gasteiger charge is -2.05. The number of primary sulfonamides is 1. The largest absolute Gasteiger partial charge is 0.266 e. The van der Waals surface area contributed by atoms with Crippen LogP contribution >= 0.6 is 0 Å². The van der Waals surface area contributed by atoms with E-state index in [0.29, 0.717) is 0 Å². The van der Waals surface area contributed by atoms with Crippen LogP contribution in [0.25, 0.3) is 0 Å². The van der Waals surface area contributed by atoms with Crippen molar-refractivity contribution in [2.45, 2.75) is 11.5 Å². The summed E-state index contributed by atoms with van der Waals surface area (Å²) in [4.78, 5) is 2.95. The second-order valence-corrected chi connectivity index (χ2v) is 4.15. The predicted octanol–water partition coefficient (Wildman–Crippen LogP) is 0.677. The minimum absolute atomic E-state index is 0.232. The molecule has 0 aliphatic rings. The molecule has 1 aromatic rings. The zero-order valence-corrected chi connectivity index (χ0v) is 8.30. The van der Waals surface area contributed by atoms with Gasteiger partial charge in [0.05, 0.1) is 5.56 Å². The second kappa shape index (κ2) is 4.07. The maximum atomic E-state index is 13.1. The zero-order chi connectivity index (χ0) is 12.5. The molecule has 0 bridgehead atoms. The normalized spacial score (nSPS) is 11.5. The Balaban J connectivity index is 3.58. The molecule has 0 unspecified atom stereocenters. The molecule has 1 heterocycles. The molecular formula is C7H4F3N3O2S. The molecule has 0 aliphatic heterocycles. The quantitative estimate of drug-likeness (QED) is 0.835. The Morgan fingerprint density at radius 3 is 2.44 bits per heavy atom. The summed E-state index contributed by atoms with van der Waals surface area (Å²) >= 11 is 0.